The number of rotatable bonds is 4. The number of hydrogen-bond donors (Lipinski definition) is 1. The number of halogens is 2. The van der Waals surface area contributed by atoms with Crippen LogP contribution in [0.4, 0.5) is 8.78 Å². The minimum absolute atomic E-state index is 0.0900. The average molecular weight is 230 g/mol. The number of benzene rings is 1. The molecule has 5 heteroatoms. The van der Waals surface area contributed by atoms with E-state index in [1.54, 1.807) is 6.92 Å². The lowest BCUT2D eigenvalue weighted by molar-refractivity contribution is -0.153. The van der Waals surface area contributed by atoms with Crippen molar-refractivity contribution in [1.29, 1.82) is 0 Å². The highest BCUT2D eigenvalue weighted by molar-refractivity contribution is 5.76. The van der Waals surface area contributed by atoms with Crippen LogP contribution < -0.4 is 0 Å². The molecular weight excluding hydrogens is 218 g/mol. The molecule has 1 rings (SSSR count). The van der Waals surface area contributed by atoms with Gasteiger partial charge in [-0.1, -0.05) is 24.3 Å². The fourth-order valence-electron chi connectivity index (χ4n) is 1.31. The fourth-order valence-corrected chi connectivity index (χ4v) is 1.31. The van der Waals surface area contributed by atoms with Gasteiger partial charge in [-0.3, -0.25) is 0 Å². The lowest BCUT2D eigenvalue weighted by atomic mass is 10.0. The highest BCUT2D eigenvalue weighted by Gasteiger charge is 2.24. The molecule has 0 amide bonds. The van der Waals surface area contributed by atoms with Crippen molar-refractivity contribution >= 4 is 5.97 Å². The molecule has 1 N–H and O–H groups in total. The molecule has 0 aromatic heterocycles. The maximum atomic E-state index is 12.6. The summed E-state index contributed by atoms with van der Waals surface area (Å²) in [6, 6.07) is 5.35. The third-order valence-corrected chi connectivity index (χ3v) is 2.04. The largest absolute Gasteiger partial charge is 0.464 e. The van der Waals surface area contributed by atoms with Crippen LogP contribution in [0.1, 0.15) is 30.6 Å². The lowest BCUT2D eigenvalue weighted by Gasteiger charge is -2.13. The van der Waals surface area contributed by atoms with Crippen molar-refractivity contribution in [2.45, 2.75) is 19.5 Å². The molecule has 1 atom stereocenters. The summed E-state index contributed by atoms with van der Waals surface area (Å²) >= 11 is 0. The van der Waals surface area contributed by atoms with E-state index in [1.165, 1.54) is 24.3 Å². The first kappa shape index (κ1) is 12.6. The molecule has 0 fully saturated rings. The van der Waals surface area contributed by atoms with Crippen LogP contribution in [0, 0.1) is 0 Å². The SMILES string of the molecule is CCOC(=O)C(O)c1ccccc1C(F)F. The van der Waals surface area contributed by atoms with Crippen LogP contribution >= 0.6 is 0 Å². The maximum Gasteiger partial charge on any atom is 0.339 e. The topological polar surface area (TPSA) is 46.5 Å². The highest BCUT2D eigenvalue weighted by Crippen LogP contribution is 2.27. The number of esters is 1. The van der Waals surface area contributed by atoms with Gasteiger partial charge in [0.1, 0.15) is 0 Å². The molecule has 1 unspecified atom stereocenters. The molecule has 1 aromatic rings. The number of ether oxygens (including phenoxy) is 1. The first-order chi connectivity index (χ1) is 7.57. The van der Waals surface area contributed by atoms with Gasteiger partial charge in [-0.15, -0.1) is 0 Å². The predicted molar refractivity (Wildman–Crippen MR) is 53.0 cm³/mol. The molecule has 1 aromatic carbocycles. The van der Waals surface area contributed by atoms with Gasteiger partial charge in [-0.05, 0) is 6.92 Å². The smallest absolute Gasteiger partial charge is 0.339 e. The van der Waals surface area contributed by atoms with Crippen LogP contribution in [0.2, 0.25) is 0 Å². The van der Waals surface area contributed by atoms with Crippen molar-refractivity contribution < 1.29 is 23.4 Å². The summed E-state index contributed by atoms with van der Waals surface area (Å²) in [5.41, 5.74) is -0.473. The number of carbonyl (C=O) groups excluding carboxylic acids is 1. The van der Waals surface area contributed by atoms with E-state index in [4.69, 9.17) is 0 Å². The maximum absolute atomic E-state index is 12.6. The van der Waals surface area contributed by atoms with E-state index in [0.717, 1.165) is 0 Å². The van der Waals surface area contributed by atoms with Gasteiger partial charge in [0.05, 0.1) is 6.61 Å². The van der Waals surface area contributed by atoms with Gasteiger partial charge in [-0.25, -0.2) is 13.6 Å². The van der Waals surface area contributed by atoms with E-state index < -0.39 is 18.5 Å². The minimum Gasteiger partial charge on any atom is -0.464 e. The Labute approximate surface area is 91.7 Å². The Kier molecular flexibility index (Phi) is 4.37. The second kappa shape index (κ2) is 5.55. The second-order valence-corrected chi connectivity index (χ2v) is 3.08. The van der Waals surface area contributed by atoms with Crippen LogP contribution in [0.5, 0.6) is 0 Å². The number of alkyl halides is 2. The first-order valence-electron chi connectivity index (χ1n) is 4.79. The fraction of sp³-hybridized carbons (Fsp3) is 0.364. The van der Waals surface area contributed by atoms with Crippen molar-refractivity contribution in [2.24, 2.45) is 0 Å². The summed E-state index contributed by atoms with van der Waals surface area (Å²) in [6.45, 7) is 1.66. The normalized spacial score (nSPS) is 12.6. The summed E-state index contributed by atoms with van der Waals surface area (Å²) in [5, 5.41) is 9.54. The Balaban J connectivity index is 2.98. The zero-order valence-corrected chi connectivity index (χ0v) is 8.69. The van der Waals surface area contributed by atoms with E-state index in [2.05, 4.69) is 4.74 Å². The van der Waals surface area contributed by atoms with Crippen LogP contribution in [0.3, 0.4) is 0 Å². The summed E-state index contributed by atoms with van der Waals surface area (Å²) in [4.78, 5) is 11.2. The third kappa shape index (κ3) is 2.76. The predicted octanol–water partition coefficient (Wildman–Crippen LogP) is 2.22. The second-order valence-electron chi connectivity index (χ2n) is 3.08. The van der Waals surface area contributed by atoms with Crippen molar-refractivity contribution in [3.63, 3.8) is 0 Å². The summed E-state index contributed by atoms with van der Waals surface area (Å²) in [6.07, 6.45) is -4.40. The van der Waals surface area contributed by atoms with Gasteiger partial charge >= 0.3 is 5.97 Å². The molecule has 0 bridgehead atoms. The molecule has 0 radical (unpaired) electrons. The Bertz CT molecular complexity index is 366. The summed E-state index contributed by atoms with van der Waals surface area (Å²) in [5.74, 6) is -0.921. The van der Waals surface area contributed by atoms with Gasteiger partial charge in [0.25, 0.3) is 6.43 Å². The number of hydrogen-bond acceptors (Lipinski definition) is 3. The molecule has 16 heavy (non-hydrogen) atoms. The van der Waals surface area contributed by atoms with E-state index in [0.29, 0.717) is 0 Å². The van der Waals surface area contributed by atoms with Crippen LogP contribution in [0.25, 0.3) is 0 Å². The van der Waals surface area contributed by atoms with E-state index >= 15 is 0 Å². The molecular formula is C11H12F2O3. The van der Waals surface area contributed by atoms with Gasteiger partial charge in [0, 0.05) is 11.1 Å². The van der Waals surface area contributed by atoms with E-state index in [1.807, 2.05) is 0 Å². The molecule has 0 saturated heterocycles. The van der Waals surface area contributed by atoms with Crippen molar-refractivity contribution in [3.8, 4) is 0 Å². The van der Waals surface area contributed by atoms with Crippen LogP contribution in [-0.2, 0) is 9.53 Å². The standard InChI is InChI=1S/C11H12F2O3/c1-2-16-11(15)9(14)7-5-3-4-6-8(7)10(12)13/h3-6,9-10,14H,2H2,1H3. The Hall–Kier alpha value is -1.49. The number of carbonyl (C=O) groups is 1. The van der Waals surface area contributed by atoms with Crippen molar-refractivity contribution in [3.05, 3.63) is 35.4 Å². The lowest BCUT2D eigenvalue weighted by Crippen LogP contribution is -2.17. The first-order valence-corrected chi connectivity index (χ1v) is 4.79. The molecule has 0 saturated carbocycles. The average Bonchev–Trinajstić information content (AvgIpc) is 2.28. The van der Waals surface area contributed by atoms with Gasteiger partial charge in [0.2, 0.25) is 0 Å². The number of aliphatic hydroxyl groups excluding tert-OH is 1. The number of aliphatic hydroxyl groups is 1. The molecule has 0 heterocycles. The zero-order chi connectivity index (χ0) is 12.1. The molecule has 0 aliphatic carbocycles. The third-order valence-electron chi connectivity index (χ3n) is 2.04. The Morgan fingerprint density at radius 2 is 1.94 bits per heavy atom. The van der Waals surface area contributed by atoms with Crippen molar-refractivity contribution in [1.82, 2.24) is 0 Å². The monoisotopic (exact) mass is 230 g/mol. The van der Waals surface area contributed by atoms with E-state index in [-0.39, 0.29) is 17.7 Å². The summed E-state index contributed by atoms with van der Waals surface area (Å²) < 4.78 is 29.7. The molecule has 0 spiro atoms. The summed E-state index contributed by atoms with van der Waals surface area (Å²) in [7, 11) is 0. The van der Waals surface area contributed by atoms with Gasteiger partial charge < -0.3 is 9.84 Å². The highest BCUT2D eigenvalue weighted by atomic mass is 19.3. The van der Waals surface area contributed by atoms with Crippen LogP contribution in [-0.4, -0.2) is 17.7 Å². The quantitative estimate of drug-likeness (QED) is 0.807. The zero-order valence-electron chi connectivity index (χ0n) is 8.69. The Morgan fingerprint density at radius 3 is 2.44 bits per heavy atom. The van der Waals surface area contributed by atoms with Gasteiger partial charge in [0.15, 0.2) is 6.10 Å². The van der Waals surface area contributed by atoms with Crippen LogP contribution in [0.15, 0.2) is 24.3 Å². The minimum atomic E-state index is -2.74. The molecule has 0 aliphatic heterocycles. The van der Waals surface area contributed by atoms with Gasteiger partial charge in [-0.2, -0.15) is 0 Å². The molecule has 3 nitrogen and oxygen atoms in total. The Morgan fingerprint density at radius 1 is 1.38 bits per heavy atom. The van der Waals surface area contributed by atoms with Crippen molar-refractivity contribution in [2.75, 3.05) is 6.61 Å². The van der Waals surface area contributed by atoms with E-state index in [9.17, 15) is 18.7 Å². The molecule has 88 valence electrons. The molecule has 0 aliphatic rings.